The van der Waals surface area contributed by atoms with Gasteiger partial charge in [0.25, 0.3) is 0 Å². The molecule has 2 aromatic carbocycles. The maximum absolute atomic E-state index is 4.41. The van der Waals surface area contributed by atoms with Crippen LogP contribution in [0.25, 0.3) is 33.6 Å². The molecule has 0 amide bonds. The second kappa shape index (κ2) is 10.7. The summed E-state index contributed by atoms with van der Waals surface area (Å²) < 4.78 is 4.15. The fraction of sp³-hybridized carbons (Fsp3) is 0. The van der Waals surface area contributed by atoms with Crippen molar-refractivity contribution < 1.29 is 9.13 Å². The van der Waals surface area contributed by atoms with E-state index < -0.39 is 0 Å². The number of aromatic nitrogens is 4. The summed E-state index contributed by atoms with van der Waals surface area (Å²) in [7, 11) is 0. The minimum atomic E-state index is 0.799. The van der Waals surface area contributed by atoms with Gasteiger partial charge in [0.05, 0.1) is 11.4 Å². The Bertz CT molecular complexity index is 1520. The van der Waals surface area contributed by atoms with E-state index in [0.29, 0.717) is 0 Å². The number of hydrogen-bond donors (Lipinski definition) is 0. The summed E-state index contributed by atoms with van der Waals surface area (Å²) >= 11 is 0. The quantitative estimate of drug-likeness (QED) is 0.190. The van der Waals surface area contributed by atoms with Crippen molar-refractivity contribution in [2.75, 3.05) is 0 Å². The third kappa shape index (κ3) is 5.24. The Morgan fingerprint density at radius 1 is 0.368 bits per heavy atom. The lowest BCUT2D eigenvalue weighted by molar-refractivity contribution is -0.595. The Morgan fingerprint density at radius 2 is 0.684 bits per heavy atom. The predicted molar refractivity (Wildman–Crippen MR) is 147 cm³/mol. The number of benzene rings is 2. The largest absolute Gasteiger partial charge is 0.265 e. The lowest BCUT2D eigenvalue weighted by atomic mass is 10.1. The summed E-state index contributed by atoms with van der Waals surface area (Å²) in [6.07, 6.45) is 15.4. The molecule has 6 nitrogen and oxygen atoms in total. The van der Waals surface area contributed by atoms with Crippen molar-refractivity contribution in [1.82, 2.24) is 9.97 Å². The summed E-state index contributed by atoms with van der Waals surface area (Å²) in [5, 5.41) is 8.82. The predicted octanol–water partition coefficient (Wildman–Crippen LogP) is 6.78. The van der Waals surface area contributed by atoms with Gasteiger partial charge in [0.15, 0.2) is 24.8 Å². The molecule has 0 aliphatic carbocycles. The Balaban J connectivity index is 1.11. The lowest BCUT2D eigenvalue weighted by Gasteiger charge is -2.01. The highest BCUT2D eigenvalue weighted by Gasteiger charge is 2.08. The van der Waals surface area contributed by atoms with Crippen LogP contribution in [0.5, 0.6) is 0 Å². The molecule has 4 aromatic heterocycles. The number of pyridine rings is 4. The van der Waals surface area contributed by atoms with Gasteiger partial charge in [-0.3, -0.25) is 9.97 Å². The van der Waals surface area contributed by atoms with Gasteiger partial charge in [0, 0.05) is 73.3 Å². The molecule has 6 rings (SSSR count). The molecule has 0 saturated heterocycles. The maximum Gasteiger partial charge on any atom is 0.210 e. The van der Waals surface area contributed by atoms with Crippen molar-refractivity contribution in [3.8, 4) is 33.6 Å². The van der Waals surface area contributed by atoms with Crippen LogP contribution < -0.4 is 9.13 Å². The Morgan fingerprint density at radius 3 is 1.03 bits per heavy atom. The van der Waals surface area contributed by atoms with Crippen molar-refractivity contribution >= 4 is 11.4 Å². The zero-order chi connectivity index (χ0) is 25.6. The minimum absolute atomic E-state index is 0.799. The molecule has 0 bridgehead atoms. The van der Waals surface area contributed by atoms with Gasteiger partial charge in [0.1, 0.15) is 0 Å². The summed E-state index contributed by atoms with van der Waals surface area (Å²) in [5.41, 5.74) is 8.31. The smallest absolute Gasteiger partial charge is 0.210 e. The number of azo groups is 1. The highest BCUT2D eigenvalue weighted by molar-refractivity contribution is 5.62. The monoisotopic (exact) mass is 492 g/mol. The Kier molecular flexibility index (Phi) is 6.51. The van der Waals surface area contributed by atoms with Crippen molar-refractivity contribution in [2.45, 2.75) is 0 Å². The topological polar surface area (TPSA) is 58.3 Å². The third-order valence-corrected chi connectivity index (χ3v) is 6.26. The molecule has 0 saturated carbocycles. The zero-order valence-corrected chi connectivity index (χ0v) is 20.5. The summed E-state index contributed by atoms with van der Waals surface area (Å²) in [4.78, 5) is 8.16. The van der Waals surface area contributed by atoms with Gasteiger partial charge < -0.3 is 0 Å². The molecule has 38 heavy (non-hydrogen) atoms. The van der Waals surface area contributed by atoms with E-state index in [-0.39, 0.29) is 0 Å². The molecular weight excluding hydrogens is 468 g/mol. The Labute approximate surface area is 220 Å². The number of nitrogens with zero attached hydrogens (tertiary/aromatic N) is 6. The number of hydrogen-bond acceptors (Lipinski definition) is 4. The van der Waals surface area contributed by atoms with Gasteiger partial charge in [-0.1, -0.05) is 0 Å². The average molecular weight is 493 g/mol. The van der Waals surface area contributed by atoms with E-state index in [1.807, 2.05) is 72.8 Å². The van der Waals surface area contributed by atoms with E-state index in [0.717, 1.165) is 45.0 Å². The van der Waals surface area contributed by atoms with Gasteiger partial charge in [0.2, 0.25) is 11.4 Å². The van der Waals surface area contributed by atoms with Crippen LogP contribution in [0.2, 0.25) is 0 Å². The van der Waals surface area contributed by atoms with Crippen LogP contribution >= 0.6 is 0 Å². The molecule has 0 fully saturated rings. The molecule has 180 valence electrons. The molecular formula is C32H24N6+2. The van der Waals surface area contributed by atoms with Gasteiger partial charge >= 0.3 is 0 Å². The van der Waals surface area contributed by atoms with Crippen molar-refractivity contribution in [3.05, 3.63) is 147 Å². The van der Waals surface area contributed by atoms with Gasteiger partial charge in [-0.05, 0) is 70.8 Å². The fourth-order valence-corrected chi connectivity index (χ4v) is 4.17. The standard InChI is InChI=1S/C32H24N6/c1-5-31(37-21-13-27(14-22-37)25-9-17-33-18-10-25)6-2-29(1)35-36-30-3-7-32(8-4-30)38-23-15-28(16-24-38)26-11-19-34-20-12-26/h1-24H/q+2. The summed E-state index contributed by atoms with van der Waals surface area (Å²) in [6, 6.07) is 32.4. The van der Waals surface area contributed by atoms with E-state index in [9.17, 15) is 0 Å². The third-order valence-electron chi connectivity index (χ3n) is 6.26. The molecule has 4 heterocycles. The van der Waals surface area contributed by atoms with Gasteiger partial charge in [-0.2, -0.15) is 19.4 Å². The van der Waals surface area contributed by atoms with Crippen LogP contribution in [-0.4, -0.2) is 9.97 Å². The normalized spacial score (nSPS) is 11.1. The summed E-state index contributed by atoms with van der Waals surface area (Å²) in [5.74, 6) is 0. The Hall–Kier alpha value is -5.36. The first-order valence-corrected chi connectivity index (χ1v) is 12.3. The fourth-order valence-electron chi connectivity index (χ4n) is 4.17. The molecule has 0 atom stereocenters. The molecule has 0 radical (unpaired) electrons. The second-order valence-corrected chi connectivity index (χ2v) is 8.69. The van der Waals surface area contributed by atoms with Crippen LogP contribution in [0, 0.1) is 0 Å². The van der Waals surface area contributed by atoms with Crippen LogP contribution in [0.4, 0.5) is 11.4 Å². The van der Waals surface area contributed by atoms with Crippen LogP contribution in [0.3, 0.4) is 0 Å². The lowest BCUT2D eigenvalue weighted by Crippen LogP contribution is -2.28. The van der Waals surface area contributed by atoms with Crippen molar-refractivity contribution in [1.29, 1.82) is 0 Å². The van der Waals surface area contributed by atoms with Gasteiger partial charge in [-0.15, -0.1) is 0 Å². The highest BCUT2D eigenvalue weighted by Crippen LogP contribution is 2.21. The van der Waals surface area contributed by atoms with Crippen LogP contribution in [-0.2, 0) is 0 Å². The van der Waals surface area contributed by atoms with E-state index >= 15 is 0 Å². The van der Waals surface area contributed by atoms with E-state index in [1.54, 1.807) is 24.8 Å². The first kappa shape index (κ1) is 23.1. The van der Waals surface area contributed by atoms with Crippen LogP contribution in [0.15, 0.2) is 157 Å². The van der Waals surface area contributed by atoms with Gasteiger partial charge in [-0.25, -0.2) is 0 Å². The molecule has 6 heteroatoms. The van der Waals surface area contributed by atoms with Crippen molar-refractivity contribution in [2.24, 2.45) is 10.2 Å². The molecule has 0 aliphatic rings. The maximum atomic E-state index is 4.41. The molecule has 6 aromatic rings. The second-order valence-electron chi connectivity index (χ2n) is 8.69. The zero-order valence-electron chi connectivity index (χ0n) is 20.5. The highest BCUT2D eigenvalue weighted by atomic mass is 15.1. The molecule has 0 spiro atoms. The van der Waals surface area contributed by atoms with E-state index in [1.165, 1.54) is 0 Å². The molecule has 0 aliphatic heterocycles. The average Bonchev–Trinajstić information content (AvgIpc) is 3.02. The van der Waals surface area contributed by atoms with E-state index in [2.05, 4.69) is 78.4 Å². The molecule has 0 unspecified atom stereocenters. The van der Waals surface area contributed by atoms with E-state index in [4.69, 9.17) is 0 Å². The first-order valence-electron chi connectivity index (χ1n) is 12.3. The summed E-state index contributed by atoms with van der Waals surface area (Å²) in [6.45, 7) is 0. The van der Waals surface area contributed by atoms with Crippen LogP contribution in [0.1, 0.15) is 0 Å². The number of rotatable bonds is 6. The van der Waals surface area contributed by atoms with Crippen molar-refractivity contribution in [3.63, 3.8) is 0 Å². The SMILES string of the molecule is c1cc(-c2cc[n+](-c3ccc(N=Nc4ccc(-[n+]5ccc(-c6ccncc6)cc5)cc4)cc3)cc2)ccn1. The molecule has 0 N–H and O–H groups in total. The first-order chi connectivity index (χ1) is 18.8. The minimum Gasteiger partial charge on any atom is -0.265 e.